The quantitative estimate of drug-likeness (QED) is 0.433. The SMILES string of the molecule is Cc1ccc(C(Cc2c(F)ccc(Br)c2F)NN)c(Br)c1. The second-order valence-corrected chi connectivity index (χ2v) is 6.48. The van der Waals surface area contributed by atoms with Gasteiger partial charge < -0.3 is 0 Å². The Morgan fingerprint density at radius 2 is 1.86 bits per heavy atom. The van der Waals surface area contributed by atoms with Crippen LogP contribution in [0, 0.1) is 18.6 Å². The van der Waals surface area contributed by atoms with Gasteiger partial charge in [0.2, 0.25) is 0 Å². The molecule has 0 radical (unpaired) electrons. The lowest BCUT2D eigenvalue weighted by Gasteiger charge is -2.19. The maximum absolute atomic E-state index is 14.1. The Morgan fingerprint density at radius 3 is 2.48 bits per heavy atom. The van der Waals surface area contributed by atoms with E-state index >= 15 is 0 Å². The molecule has 0 amide bonds. The lowest BCUT2D eigenvalue weighted by molar-refractivity contribution is 0.497. The Labute approximate surface area is 139 Å². The van der Waals surface area contributed by atoms with Crippen LogP contribution in [0.15, 0.2) is 39.3 Å². The van der Waals surface area contributed by atoms with E-state index in [2.05, 4.69) is 37.3 Å². The molecule has 0 bridgehead atoms. The van der Waals surface area contributed by atoms with Gasteiger partial charge in [0.15, 0.2) is 0 Å². The first kappa shape index (κ1) is 16.5. The molecular weight excluding hydrogens is 406 g/mol. The number of halogens is 4. The van der Waals surface area contributed by atoms with Gasteiger partial charge in [-0.25, -0.2) is 8.78 Å². The number of hydrogen-bond acceptors (Lipinski definition) is 2. The van der Waals surface area contributed by atoms with Crippen LogP contribution in [0.4, 0.5) is 8.78 Å². The molecule has 0 aromatic heterocycles. The third-order valence-corrected chi connectivity index (χ3v) is 4.58. The fourth-order valence-electron chi connectivity index (χ4n) is 2.13. The molecule has 0 saturated heterocycles. The first-order valence-corrected chi connectivity index (χ1v) is 7.87. The number of hydrazine groups is 1. The topological polar surface area (TPSA) is 38.0 Å². The molecule has 0 aliphatic carbocycles. The molecule has 1 atom stereocenters. The molecule has 2 rings (SSSR count). The fourth-order valence-corrected chi connectivity index (χ4v) is 3.27. The summed E-state index contributed by atoms with van der Waals surface area (Å²) in [7, 11) is 0. The van der Waals surface area contributed by atoms with Crippen LogP contribution in [-0.2, 0) is 6.42 Å². The first-order valence-electron chi connectivity index (χ1n) is 6.28. The molecule has 21 heavy (non-hydrogen) atoms. The highest BCUT2D eigenvalue weighted by Gasteiger charge is 2.20. The summed E-state index contributed by atoms with van der Waals surface area (Å²) < 4.78 is 29.0. The number of aryl methyl sites for hydroxylation is 1. The number of nitrogens with one attached hydrogen (secondary N) is 1. The summed E-state index contributed by atoms with van der Waals surface area (Å²) in [6.07, 6.45) is 0.106. The summed E-state index contributed by atoms with van der Waals surface area (Å²) >= 11 is 6.53. The summed E-state index contributed by atoms with van der Waals surface area (Å²) in [6.45, 7) is 1.97. The van der Waals surface area contributed by atoms with Gasteiger partial charge >= 0.3 is 0 Å². The summed E-state index contributed by atoms with van der Waals surface area (Å²) in [6, 6.07) is 7.93. The Hall–Kier alpha value is -0.820. The van der Waals surface area contributed by atoms with E-state index in [-0.39, 0.29) is 16.5 Å². The molecule has 2 nitrogen and oxygen atoms in total. The molecule has 0 aliphatic rings. The summed E-state index contributed by atoms with van der Waals surface area (Å²) in [4.78, 5) is 0. The minimum absolute atomic E-state index is 0.000185. The van der Waals surface area contributed by atoms with Crippen molar-refractivity contribution in [3.8, 4) is 0 Å². The molecule has 2 aromatic rings. The second-order valence-electron chi connectivity index (χ2n) is 4.77. The lowest BCUT2D eigenvalue weighted by atomic mass is 9.98. The van der Waals surface area contributed by atoms with E-state index in [9.17, 15) is 8.78 Å². The van der Waals surface area contributed by atoms with Gasteiger partial charge in [-0.2, -0.15) is 0 Å². The van der Waals surface area contributed by atoms with Crippen LogP contribution < -0.4 is 11.3 Å². The van der Waals surface area contributed by atoms with Crippen molar-refractivity contribution in [2.45, 2.75) is 19.4 Å². The zero-order chi connectivity index (χ0) is 15.6. The zero-order valence-electron chi connectivity index (χ0n) is 11.3. The number of nitrogens with two attached hydrogens (primary N) is 1. The molecule has 0 fully saturated rings. The molecule has 6 heteroatoms. The highest BCUT2D eigenvalue weighted by Crippen LogP contribution is 2.30. The van der Waals surface area contributed by atoms with E-state index in [4.69, 9.17) is 5.84 Å². The molecule has 112 valence electrons. The van der Waals surface area contributed by atoms with Gasteiger partial charge in [0, 0.05) is 10.0 Å². The number of hydrogen-bond donors (Lipinski definition) is 2. The van der Waals surface area contributed by atoms with E-state index in [0.29, 0.717) is 0 Å². The highest BCUT2D eigenvalue weighted by atomic mass is 79.9. The van der Waals surface area contributed by atoms with Gasteiger partial charge in [0.1, 0.15) is 11.6 Å². The van der Waals surface area contributed by atoms with E-state index < -0.39 is 17.7 Å². The van der Waals surface area contributed by atoms with E-state index in [1.807, 2.05) is 25.1 Å². The van der Waals surface area contributed by atoms with Gasteiger partial charge in [-0.3, -0.25) is 11.3 Å². The number of rotatable bonds is 4. The average molecular weight is 420 g/mol. The van der Waals surface area contributed by atoms with Crippen molar-refractivity contribution in [3.63, 3.8) is 0 Å². The molecule has 0 heterocycles. The zero-order valence-corrected chi connectivity index (χ0v) is 14.4. The third-order valence-electron chi connectivity index (χ3n) is 3.28. The first-order chi connectivity index (χ1) is 9.93. The molecule has 0 aliphatic heterocycles. The predicted octanol–water partition coefficient (Wildman–Crippen LogP) is 4.55. The Morgan fingerprint density at radius 1 is 1.14 bits per heavy atom. The third kappa shape index (κ3) is 3.69. The molecule has 3 N–H and O–H groups in total. The van der Waals surface area contributed by atoms with Crippen LogP contribution in [-0.4, -0.2) is 0 Å². The van der Waals surface area contributed by atoms with Crippen molar-refractivity contribution >= 4 is 31.9 Å². The van der Waals surface area contributed by atoms with Gasteiger partial charge in [0.05, 0.1) is 10.5 Å². The summed E-state index contributed by atoms with van der Waals surface area (Å²) in [5, 5.41) is 0. The van der Waals surface area contributed by atoms with Crippen LogP contribution in [0.2, 0.25) is 0 Å². The van der Waals surface area contributed by atoms with Crippen LogP contribution in [0.25, 0.3) is 0 Å². The standard InChI is InChI=1S/C15H14Br2F2N2/c1-8-2-3-9(12(17)6-8)14(21-20)7-10-13(18)5-4-11(16)15(10)19/h2-6,14,21H,7,20H2,1H3. The average Bonchev–Trinajstić information content (AvgIpc) is 2.44. The van der Waals surface area contributed by atoms with E-state index in [1.54, 1.807) is 0 Å². The lowest BCUT2D eigenvalue weighted by Crippen LogP contribution is -2.30. The minimum Gasteiger partial charge on any atom is -0.271 e. The molecule has 0 spiro atoms. The van der Waals surface area contributed by atoms with Crippen molar-refractivity contribution in [2.24, 2.45) is 5.84 Å². The maximum Gasteiger partial charge on any atom is 0.143 e. The largest absolute Gasteiger partial charge is 0.271 e. The van der Waals surface area contributed by atoms with E-state index in [0.717, 1.165) is 15.6 Å². The van der Waals surface area contributed by atoms with Crippen molar-refractivity contribution in [3.05, 3.63) is 67.6 Å². The normalized spacial score (nSPS) is 12.5. The van der Waals surface area contributed by atoms with Gasteiger partial charge in [-0.05, 0) is 58.6 Å². The van der Waals surface area contributed by atoms with Gasteiger partial charge in [0.25, 0.3) is 0 Å². The highest BCUT2D eigenvalue weighted by molar-refractivity contribution is 9.10. The maximum atomic E-state index is 14.1. The number of benzene rings is 2. The monoisotopic (exact) mass is 418 g/mol. The van der Waals surface area contributed by atoms with Crippen molar-refractivity contribution in [1.29, 1.82) is 0 Å². The Kier molecular flexibility index (Phi) is 5.48. The molecule has 1 unspecified atom stereocenters. The van der Waals surface area contributed by atoms with Gasteiger partial charge in [-0.1, -0.05) is 28.1 Å². The Balaban J connectivity index is 2.38. The molecular formula is C15H14Br2F2N2. The van der Waals surface area contributed by atoms with E-state index in [1.165, 1.54) is 12.1 Å². The van der Waals surface area contributed by atoms with Crippen LogP contribution in [0.5, 0.6) is 0 Å². The van der Waals surface area contributed by atoms with Crippen molar-refractivity contribution in [2.75, 3.05) is 0 Å². The second kappa shape index (κ2) is 6.96. The van der Waals surface area contributed by atoms with Crippen molar-refractivity contribution < 1.29 is 8.78 Å². The molecule has 0 saturated carbocycles. The minimum atomic E-state index is -0.599. The smallest absolute Gasteiger partial charge is 0.143 e. The summed E-state index contributed by atoms with van der Waals surface area (Å²) in [5.41, 5.74) is 4.56. The fraction of sp³-hybridized carbons (Fsp3) is 0.200. The van der Waals surface area contributed by atoms with Crippen LogP contribution in [0.1, 0.15) is 22.7 Å². The van der Waals surface area contributed by atoms with Crippen LogP contribution >= 0.6 is 31.9 Å². The molecule has 2 aromatic carbocycles. The Bertz CT molecular complexity index is 662. The van der Waals surface area contributed by atoms with Gasteiger partial charge in [-0.15, -0.1) is 0 Å². The summed E-state index contributed by atoms with van der Waals surface area (Å²) in [5.74, 6) is 4.39. The van der Waals surface area contributed by atoms with Crippen LogP contribution in [0.3, 0.4) is 0 Å². The predicted molar refractivity (Wildman–Crippen MR) is 86.7 cm³/mol. The van der Waals surface area contributed by atoms with Crippen molar-refractivity contribution in [1.82, 2.24) is 5.43 Å².